The third-order valence-electron chi connectivity index (χ3n) is 2.31. The smallest absolute Gasteiger partial charge is 0.0717 e. The Morgan fingerprint density at radius 3 is 2.33 bits per heavy atom. The maximum atomic E-state index is 6.16. The van der Waals surface area contributed by atoms with Gasteiger partial charge in [-0.15, -0.1) is 0 Å². The van der Waals surface area contributed by atoms with Crippen molar-refractivity contribution in [2.75, 3.05) is 0 Å². The molecule has 0 saturated heterocycles. The first-order valence-corrected chi connectivity index (χ1v) is 5.24. The van der Waals surface area contributed by atoms with Crippen LogP contribution in [0, 0.1) is 13.8 Å². The quantitative estimate of drug-likeness (QED) is 0.703. The number of benzene rings is 1. The predicted octanol–water partition coefficient (Wildman–Crippen LogP) is 4.02. The van der Waals surface area contributed by atoms with E-state index < -0.39 is 0 Å². The fraction of sp³-hybridized carbons (Fsp3) is 0.154. The Bertz CT molecular complexity index is 474. The van der Waals surface area contributed by atoms with Crippen molar-refractivity contribution in [2.24, 2.45) is 0 Å². The second kappa shape index (κ2) is 4.03. The molecule has 1 aromatic heterocycles. The minimum absolute atomic E-state index is 0.756. The Kier molecular flexibility index (Phi) is 2.74. The Morgan fingerprint density at radius 2 is 1.73 bits per heavy atom. The van der Waals surface area contributed by atoms with Gasteiger partial charge in [-0.05, 0) is 37.1 Å². The first-order valence-electron chi connectivity index (χ1n) is 4.86. The van der Waals surface area contributed by atoms with Crippen molar-refractivity contribution < 1.29 is 0 Å². The molecule has 0 aliphatic carbocycles. The first kappa shape index (κ1) is 10.2. The fourth-order valence-electron chi connectivity index (χ4n) is 1.45. The standard InChI is InChI=1S/C13H12ClN/c1-9-3-5-11(12(14)7-9)13-6-4-10(2)8-15-13/h3-8H,1-2H3. The van der Waals surface area contributed by atoms with E-state index in [-0.39, 0.29) is 0 Å². The molecule has 76 valence electrons. The van der Waals surface area contributed by atoms with Crippen molar-refractivity contribution in [3.05, 3.63) is 52.7 Å². The summed E-state index contributed by atoms with van der Waals surface area (Å²) in [4.78, 5) is 4.35. The lowest BCUT2D eigenvalue weighted by Gasteiger charge is -2.04. The fourth-order valence-corrected chi connectivity index (χ4v) is 1.79. The number of hydrogen-bond acceptors (Lipinski definition) is 1. The van der Waals surface area contributed by atoms with E-state index >= 15 is 0 Å². The molecule has 0 saturated carbocycles. The van der Waals surface area contributed by atoms with E-state index in [1.807, 2.05) is 50.4 Å². The topological polar surface area (TPSA) is 12.9 Å². The van der Waals surface area contributed by atoms with Crippen LogP contribution in [0.15, 0.2) is 36.5 Å². The minimum Gasteiger partial charge on any atom is -0.256 e. The van der Waals surface area contributed by atoms with Gasteiger partial charge >= 0.3 is 0 Å². The van der Waals surface area contributed by atoms with Gasteiger partial charge in [0.2, 0.25) is 0 Å². The SMILES string of the molecule is Cc1ccc(-c2ccc(C)cc2Cl)nc1. The van der Waals surface area contributed by atoms with Crippen LogP contribution in [0.25, 0.3) is 11.3 Å². The third-order valence-corrected chi connectivity index (χ3v) is 2.62. The van der Waals surface area contributed by atoms with Gasteiger partial charge in [-0.3, -0.25) is 4.98 Å². The molecule has 0 aliphatic heterocycles. The summed E-state index contributed by atoms with van der Waals surface area (Å²) >= 11 is 6.16. The van der Waals surface area contributed by atoms with E-state index in [9.17, 15) is 0 Å². The number of nitrogens with zero attached hydrogens (tertiary/aromatic N) is 1. The molecule has 0 N–H and O–H groups in total. The van der Waals surface area contributed by atoms with Crippen LogP contribution in [0.2, 0.25) is 5.02 Å². The molecule has 0 spiro atoms. The van der Waals surface area contributed by atoms with Crippen LogP contribution in [0.5, 0.6) is 0 Å². The van der Waals surface area contributed by atoms with Crippen LogP contribution in [0.1, 0.15) is 11.1 Å². The average molecular weight is 218 g/mol. The van der Waals surface area contributed by atoms with Crippen molar-refractivity contribution in [1.29, 1.82) is 0 Å². The van der Waals surface area contributed by atoms with Crippen molar-refractivity contribution in [3.8, 4) is 11.3 Å². The zero-order chi connectivity index (χ0) is 10.8. The second-order valence-electron chi connectivity index (χ2n) is 3.70. The maximum Gasteiger partial charge on any atom is 0.0717 e. The van der Waals surface area contributed by atoms with Crippen molar-refractivity contribution in [3.63, 3.8) is 0 Å². The van der Waals surface area contributed by atoms with Crippen LogP contribution in [-0.2, 0) is 0 Å². The Morgan fingerprint density at radius 1 is 1.00 bits per heavy atom. The van der Waals surface area contributed by atoms with Gasteiger partial charge in [0.05, 0.1) is 10.7 Å². The van der Waals surface area contributed by atoms with Gasteiger partial charge in [0.1, 0.15) is 0 Å². The lowest BCUT2D eigenvalue weighted by Crippen LogP contribution is -1.85. The molecule has 0 amide bonds. The molecule has 0 fully saturated rings. The van der Waals surface area contributed by atoms with Crippen molar-refractivity contribution in [1.82, 2.24) is 4.98 Å². The summed E-state index contributed by atoms with van der Waals surface area (Å²) in [6, 6.07) is 10.0. The molecule has 0 bridgehead atoms. The van der Waals surface area contributed by atoms with Crippen LogP contribution in [0.3, 0.4) is 0 Å². The van der Waals surface area contributed by atoms with Crippen LogP contribution < -0.4 is 0 Å². The van der Waals surface area contributed by atoms with Crippen LogP contribution in [0.4, 0.5) is 0 Å². The van der Waals surface area contributed by atoms with Gasteiger partial charge < -0.3 is 0 Å². The van der Waals surface area contributed by atoms with E-state index in [0.29, 0.717) is 0 Å². The van der Waals surface area contributed by atoms with Gasteiger partial charge in [-0.2, -0.15) is 0 Å². The summed E-state index contributed by atoms with van der Waals surface area (Å²) < 4.78 is 0. The Labute approximate surface area is 94.7 Å². The lowest BCUT2D eigenvalue weighted by molar-refractivity contribution is 1.27. The van der Waals surface area contributed by atoms with Gasteiger partial charge in [0, 0.05) is 11.8 Å². The number of pyridine rings is 1. The summed E-state index contributed by atoms with van der Waals surface area (Å²) in [6.07, 6.45) is 1.85. The number of aromatic nitrogens is 1. The normalized spacial score (nSPS) is 10.3. The molecule has 0 atom stereocenters. The second-order valence-corrected chi connectivity index (χ2v) is 4.11. The molecule has 15 heavy (non-hydrogen) atoms. The van der Waals surface area contributed by atoms with Crippen molar-refractivity contribution in [2.45, 2.75) is 13.8 Å². The Balaban J connectivity index is 2.49. The minimum atomic E-state index is 0.756. The maximum absolute atomic E-state index is 6.16. The molecular weight excluding hydrogens is 206 g/mol. The summed E-state index contributed by atoms with van der Waals surface area (Å²) in [7, 11) is 0. The summed E-state index contributed by atoms with van der Waals surface area (Å²) in [5.41, 5.74) is 4.23. The highest BCUT2D eigenvalue weighted by molar-refractivity contribution is 6.33. The van der Waals surface area contributed by atoms with E-state index in [0.717, 1.165) is 27.4 Å². The molecule has 2 aromatic rings. The molecule has 0 aliphatic rings. The molecule has 2 heteroatoms. The van der Waals surface area contributed by atoms with Gasteiger partial charge in [-0.1, -0.05) is 29.8 Å². The zero-order valence-corrected chi connectivity index (χ0v) is 9.55. The van der Waals surface area contributed by atoms with Crippen molar-refractivity contribution >= 4 is 11.6 Å². The number of hydrogen-bond donors (Lipinski definition) is 0. The predicted molar refractivity (Wildman–Crippen MR) is 64.2 cm³/mol. The van der Waals surface area contributed by atoms with Crippen LogP contribution >= 0.6 is 11.6 Å². The summed E-state index contributed by atoms with van der Waals surface area (Å²) in [5.74, 6) is 0. The van der Waals surface area contributed by atoms with E-state index in [1.165, 1.54) is 0 Å². The number of aryl methyl sites for hydroxylation is 2. The average Bonchev–Trinajstić information content (AvgIpc) is 2.20. The van der Waals surface area contributed by atoms with E-state index in [2.05, 4.69) is 4.98 Å². The summed E-state index contributed by atoms with van der Waals surface area (Å²) in [6.45, 7) is 4.05. The highest BCUT2D eigenvalue weighted by atomic mass is 35.5. The Hall–Kier alpha value is -1.34. The number of halogens is 1. The monoisotopic (exact) mass is 217 g/mol. The van der Waals surface area contributed by atoms with E-state index in [4.69, 9.17) is 11.6 Å². The third kappa shape index (κ3) is 2.18. The highest BCUT2D eigenvalue weighted by Crippen LogP contribution is 2.26. The highest BCUT2D eigenvalue weighted by Gasteiger charge is 2.03. The van der Waals surface area contributed by atoms with Crippen LogP contribution in [-0.4, -0.2) is 4.98 Å². The number of rotatable bonds is 1. The first-order chi connectivity index (χ1) is 7.16. The molecule has 1 heterocycles. The summed E-state index contributed by atoms with van der Waals surface area (Å²) in [5, 5.41) is 0.756. The van der Waals surface area contributed by atoms with Gasteiger partial charge in [0.25, 0.3) is 0 Å². The molecular formula is C13H12ClN. The lowest BCUT2D eigenvalue weighted by atomic mass is 10.1. The van der Waals surface area contributed by atoms with E-state index in [1.54, 1.807) is 0 Å². The molecule has 2 rings (SSSR count). The zero-order valence-electron chi connectivity index (χ0n) is 8.79. The largest absolute Gasteiger partial charge is 0.256 e. The molecule has 1 aromatic carbocycles. The molecule has 1 nitrogen and oxygen atoms in total. The van der Waals surface area contributed by atoms with Gasteiger partial charge in [-0.25, -0.2) is 0 Å². The molecule has 0 radical (unpaired) electrons. The van der Waals surface area contributed by atoms with Gasteiger partial charge in [0.15, 0.2) is 0 Å². The molecule has 0 unspecified atom stereocenters.